The van der Waals surface area contributed by atoms with E-state index in [0.29, 0.717) is 36.8 Å². The van der Waals surface area contributed by atoms with E-state index in [0.717, 1.165) is 36.8 Å². The lowest BCUT2D eigenvalue weighted by molar-refractivity contribution is -0.140. The smallest absolute Gasteiger partial charge is 0.407 e. The lowest BCUT2D eigenvalue weighted by Crippen LogP contribution is -2.31. The minimum Gasteiger partial charge on any atom is -0.455 e. The van der Waals surface area contributed by atoms with Gasteiger partial charge in [-0.3, -0.25) is 0 Å². The van der Waals surface area contributed by atoms with Crippen molar-refractivity contribution in [2.45, 2.75) is 126 Å². The summed E-state index contributed by atoms with van der Waals surface area (Å²) in [6, 6.07) is 0. The van der Waals surface area contributed by atoms with Crippen LogP contribution in [0.15, 0.2) is 47.6 Å². The number of amides is 2. The number of allylic oxidation sites excluding steroid dienone is 2. The Labute approximate surface area is 293 Å². The van der Waals surface area contributed by atoms with Crippen LogP contribution < -0.4 is 10.6 Å². The van der Waals surface area contributed by atoms with Crippen LogP contribution in [0.5, 0.6) is 0 Å². The van der Waals surface area contributed by atoms with Crippen LogP contribution in [0.1, 0.15) is 78.1 Å². The number of nitrogens with one attached hydrogen (secondary N) is 2. The summed E-state index contributed by atoms with van der Waals surface area (Å²) in [6.45, 7) is 12.8. The van der Waals surface area contributed by atoms with E-state index in [9.17, 15) is 24.6 Å². The summed E-state index contributed by atoms with van der Waals surface area (Å²) in [5, 5.41) is 26.0. The zero-order valence-electron chi connectivity index (χ0n) is 29.2. The number of fused-ring (bicyclic) bond motifs is 6. The number of alkyl carbamates (subject to hydrolysis) is 2. The number of carbonyl (C=O) groups excluding carboxylic acids is 3. The molecule has 4 saturated heterocycles. The average molecular weight is 701 g/mol. The highest BCUT2D eigenvalue weighted by Gasteiger charge is 2.62. The molecule has 6 rings (SSSR count). The van der Waals surface area contributed by atoms with Crippen LogP contribution in [0.25, 0.3) is 0 Å². The molecule has 0 aromatic rings. The van der Waals surface area contributed by atoms with Gasteiger partial charge in [0.05, 0.1) is 23.4 Å². The molecule has 4 N–H and O–H groups in total. The normalized spacial score (nSPS) is 39.0. The van der Waals surface area contributed by atoms with Gasteiger partial charge in [0.25, 0.3) is 0 Å². The van der Waals surface area contributed by atoms with Gasteiger partial charge in [0.15, 0.2) is 6.29 Å². The van der Waals surface area contributed by atoms with Crippen molar-refractivity contribution in [3.8, 4) is 0 Å². The molecule has 10 atom stereocenters. The van der Waals surface area contributed by atoms with Gasteiger partial charge in [-0.05, 0) is 94.8 Å². The first-order valence-electron chi connectivity index (χ1n) is 18.0. The fraction of sp³-hybridized carbons (Fsp3) is 0.703. The highest BCUT2D eigenvalue weighted by atomic mass is 16.7. The van der Waals surface area contributed by atoms with Gasteiger partial charge in [-0.1, -0.05) is 25.3 Å². The van der Waals surface area contributed by atoms with E-state index >= 15 is 0 Å². The van der Waals surface area contributed by atoms with Crippen molar-refractivity contribution in [3.05, 3.63) is 47.6 Å². The Morgan fingerprint density at radius 3 is 1.98 bits per heavy atom. The standard InChI is InChI=1S/C37H52N2O11/c1-21-26-11-9-23(7-5-15-36(3)30(49-36)28(26)47-32(21)41)19-45-34(43)38-17-13-25(40)14-18-39-35(44)46-20-24-8-6-16-37(4)31(50-37)29-27(12-10-24)22(2)33(42)48-29/h7-8,25-32,40-41H,1-2,5-6,9-20H2,3-4H3,(H,38,43)(H,39,44)/b23-7+,24-8+/t25?,26-,27-,28-,29-,30-,31-,32?,36+,37+/m0/s1. The zero-order valence-corrected chi connectivity index (χ0v) is 29.2. The minimum absolute atomic E-state index is 0.0289. The molecule has 0 spiro atoms. The summed E-state index contributed by atoms with van der Waals surface area (Å²) in [6.07, 6.45) is 7.00. The molecule has 276 valence electrons. The second-order valence-corrected chi connectivity index (χ2v) is 15.0. The fourth-order valence-electron chi connectivity index (χ4n) is 7.86. The summed E-state index contributed by atoms with van der Waals surface area (Å²) >= 11 is 0. The third kappa shape index (κ3) is 8.45. The van der Waals surface area contributed by atoms with E-state index in [1.54, 1.807) is 0 Å². The number of esters is 1. The maximum Gasteiger partial charge on any atom is 0.407 e. The molecule has 6 aliphatic rings. The maximum absolute atomic E-state index is 12.4. The summed E-state index contributed by atoms with van der Waals surface area (Å²) < 4.78 is 34.2. The number of aliphatic hydroxyl groups is 2. The summed E-state index contributed by atoms with van der Waals surface area (Å²) in [5.74, 6) is -0.520. The molecule has 13 nitrogen and oxygen atoms in total. The number of carbonyl (C=O) groups is 3. The molecule has 0 aromatic heterocycles. The molecular formula is C37H52N2O11. The van der Waals surface area contributed by atoms with E-state index in [1.807, 2.05) is 6.92 Å². The highest BCUT2D eigenvalue weighted by Crippen LogP contribution is 2.51. The van der Waals surface area contributed by atoms with Gasteiger partial charge in [-0.25, -0.2) is 14.4 Å². The Hall–Kier alpha value is -3.23. The molecule has 2 amide bonds. The molecule has 13 heteroatoms. The molecule has 4 heterocycles. The van der Waals surface area contributed by atoms with E-state index in [-0.39, 0.29) is 92.6 Å². The third-order valence-corrected chi connectivity index (χ3v) is 11.3. The Kier molecular flexibility index (Phi) is 11.1. The molecule has 0 radical (unpaired) electrons. The zero-order chi connectivity index (χ0) is 35.6. The van der Waals surface area contributed by atoms with Crippen LogP contribution in [-0.4, -0.2) is 103 Å². The molecular weight excluding hydrogens is 648 g/mol. The quantitative estimate of drug-likeness (QED) is 0.0855. The SMILES string of the molecule is C=C1C(=O)O[C@H]2[C@H]1CC/C(COC(=O)NCCC(O)CCNC(=O)OC/C1=C/CC[C@@]3(C)O[C@H]3[C@H]3OC(O)C(=C)[C@@H]3CC1)=C\CC[C@@]1(C)O[C@@H]21. The molecule has 4 aliphatic heterocycles. The van der Waals surface area contributed by atoms with Crippen LogP contribution in [-0.2, 0) is 33.2 Å². The molecule has 2 aliphatic carbocycles. The summed E-state index contributed by atoms with van der Waals surface area (Å²) in [4.78, 5) is 37.0. The Morgan fingerprint density at radius 1 is 0.900 bits per heavy atom. The first-order valence-corrected chi connectivity index (χ1v) is 18.0. The molecule has 50 heavy (non-hydrogen) atoms. The van der Waals surface area contributed by atoms with Gasteiger partial charge in [-0.2, -0.15) is 0 Å². The van der Waals surface area contributed by atoms with Gasteiger partial charge in [0.1, 0.15) is 31.5 Å². The van der Waals surface area contributed by atoms with E-state index in [1.165, 1.54) is 0 Å². The predicted octanol–water partition coefficient (Wildman–Crippen LogP) is 3.88. The second kappa shape index (κ2) is 15.2. The molecule has 4 fully saturated rings. The van der Waals surface area contributed by atoms with Crippen LogP contribution in [0.4, 0.5) is 9.59 Å². The minimum atomic E-state index is -0.985. The van der Waals surface area contributed by atoms with Gasteiger partial charge in [-0.15, -0.1) is 0 Å². The Balaban J connectivity index is 0.848. The molecule has 0 saturated carbocycles. The van der Waals surface area contributed by atoms with Crippen LogP contribution in [0.3, 0.4) is 0 Å². The van der Waals surface area contributed by atoms with Crippen molar-refractivity contribution in [3.63, 3.8) is 0 Å². The Bertz CT molecular complexity index is 1410. The second-order valence-electron chi connectivity index (χ2n) is 15.0. The molecule has 0 aromatic carbocycles. The van der Waals surface area contributed by atoms with Crippen molar-refractivity contribution < 1.29 is 53.0 Å². The first-order chi connectivity index (χ1) is 23.9. The number of rotatable bonds is 10. The van der Waals surface area contributed by atoms with Gasteiger partial charge < -0.3 is 49.3 Å². The van der Waals surface area contributed by atoms with Crippen LogP contribution in [0, 0.1) is 11.8 Å². The maximum atomic E-state index is 12.4. The number of hydrogen-bond acceptors (Lipinski definition) is 11. The van der Waals surface area contributed by atoms with Crippen molar-refractivity contribution >= 4 is 18.2 Å². The number of ether oxygens (including phenoxy) is 6. The van der Waals surface area contributed by atoms with Crippen molar-refractivity contribution in [1.29, 1.82) is 0 Å². The first kappa shape index (κ1) is 36.6. The third-order valence-electron chi connectivity index (χ3n) is 11.3. The van der Waals surface area contributed by atoms with Gasteiger partial charge in [0, 0.05) is 30.5 Å². The summed E-state index contributed by atoms with van der Waals surface area (Å²) in [7, 11) is 0. The van der Waals surface area contributed by atoms with E-state index < -0.39 is 24.6 Å². The van der Waals surface area contributed by atoms with Crippen molar-refractivity contribution in [2.75, 3.05) is 26.3 Å². The van der Waals surface area contributed by atoms with E-state index in [2.05, 4.69) is 42.9 Å². The van der Waals surface area contributed by atoms with Crippen molar-refractivity contribution in [2.24, 2.45) is 11.8 Å². The summed E-state index contributed by atoms with van der Waals surface area (Å²) in [5.41, 5.74) is 2.47. The van der Waals surface area contributed by atoms with Gasteiger partial charge in [0.2, 0.25) is 0 Å². The van der Waals surface area contributed by atoms with Crippen molar-refractivity contribution in [1.82, 2.24) is 10.6 Å². The van der Waals surface area contributed by atoms with Gasteiger partial charge >= 0.3 is 18.2 Å². The number of aliphatic hydroxyl groups excluding tert-OH is 2. The highest BCUT2D eigenvalue weighted by molar-refractivity contribution is 5.91. The Morgan fingerprint density at radius 2 is 1.42 bits per heavy atom. The van der Waals surface area contributed by atoms with Crippen LogP contribution >= 0.6 is 0 Å². The molecule has 2 unspecified atom stereocenters. The lowest BCUT2D eigenvalue weighted by atomic mass is 9.84. The fourth-order valence-corrected chi connectivity index (χ4v) is 7.86. The van der Waals surface area contributed by atoms with E-state index in [4.69, 9.17) is 28.4 Å². The monoisotopic (exact) mass is 700 g/mol. The number of hydrogen-bond donors (Lipinski definition) is 4. The largest absolute Gasteiger partial charge is 0.455 e. The average Bonchev–Trinajstić information content (AvgIpc) is 3.89. The number of epoxide rings is 2. The van der Waals surface area contributed by atoms with Crippen LogP contribution in [0.2, 0.25) is 0 Å². The molecule has 0 bridgehead atoms. The lowest BCUT2D eigenvalue weighted by Gasteiger charge is -2.20. The topological polar surface area (TPSA) is 178 Å². The predicted molar refractivity (Wildman–Crippen MR) is 180 cm³/mol.